The standard InChI is InChI=1S/C17H27N3S/c1-2-3-12-18-17(21)19-15-8-10-16(11-9-15)20-13-6-4-5-7-14-20/h8-11H,2-7,12-14H2,1H3,(H2,18,19,21). The van der Waals surface area contributed by atoms with E-state index >= 15 is 0 Å². The van der Waals surface area contributed by atoms with E-state index < -0.39 is 0 Å². The Bertz CT molecular complexity index is 422. The van der Waals surface area contributed by atoms with Crippen LogP contribution in [-0.2, 0) is 0 Å². The molecule has 116 valence electrons. The van der Waals surface area contributed by atoms with Crippen molar-refractivity contribution >= 4 is 28.7 Å². The molecule has 0 saturated carbocycles. The van der Waals surface area contributed by atoms with Crippen LogP contribution in [0.25, 0.3) is 0 Å². The molecular weight excluding hydrogens is 278 g/mol. The van der Waals surface area contributed by atoms with Gasteiger partial charge in [0.05, 0.1) is 0 Å². The quantitative estimate of drug-likeness (QED) is 0.631. The third kappa shape index (κ3) is 5.54. The lowest BCUT2D eigenvalue weighted by atomic mass is 10.2. The second-order valence-corrected chi connectivity index (χ2v) is 6.09. The zero-order chi connectivity index (χ0) is 14.9. The maximum Gasteiger partial charge on any atom is 0.170 e. The molecule has 1 saturated heterocycles. The maximum absolute atomic E-state index is 5.29. The number of nitrogens with zero attached hydrogens (tertiary/aromatic N) is 1. The second kappa shape index (κ2) is 8.88. The summed E-state index contributed by atoms with van der Waals surface area (Å²) in [6.45, 7) is 5.49. The van der Waals surface area contributed by atoms with Gasteiger partial charge in [0.15, 0.2) is 5.11 Å². The van der Waals surface area contributed by atoms with Gasteiger partial charge in [0.2, 0.25) is 0 Å². The highest BCUT2D eigenvalue weighted by molar-refractivity contribution is 7.80. The molecule has 4 heteroatoms. The van der Waals surface area contributed by atoms with Gasteiger partial charge < -0.3 is 15.5 Å². The lowest BCUT2D eigenvalue weighted by molar-refractivity contribution is 0.726. The number of anilines is 2. The SMILES string of the molecule is CCCCNC(=S)Nc1ccc(N2CCCCCC2)cc1. The summed E-state index contributed by atoms with van der Waals surface area (Å²) >= 11 is 5.29. The second-order valence-electron chi connectivity index (χ2n) is 5.68. The zero-order valence-electron chi connectivity index (χ0n) is 13.0. The molecule has 1 aromatic rings. The zero-order valence-corrected chi connectivity index (χ0v) is 13.8. The third-order valence-electron chi connectivity index (χ3n) is 3.91. The molecule has 1 aromatic carbocycles. The van der Waals surface area contributed by atoms with Crippen LogP contribution in [0.1, 0.15) is 45.4 Å². The van der Waals surface area contributed by atoms with Crippen molar-refractivity contribution in [2.45, 2.75) is 45.4 Å². The number of hydrogen-bond donors (Lipinski definition) is 2. The van der Waals surface area contributed by atoms with Crippen LogP contribution < -0.4 is 15.5 Å². The summed E-state index contributed by atoms with van der Waals surface area (Å²) in [7, 11) is 0. The average molecular weight is 305 g/mol. The van der Waals surface area contributed by atoms with E-state index in [-0.39, 0.29) is 0 Å². The van der Waals surface area contributed by atoms with Crippen LogP contribution >= 0.6 is 12.2 Å². The molecule has 3 nitrogen and oxygen atoms in total. The van der Waals surface area contributed by atoms with Crippen molar-refractivity contribution in [3.05, 3.63) is 24.3 Å². The lowest BCUT2D eigenvalue weighted by Gasteiger charge is -2.23. The Kier molecular flexibility index (Phi) is 6.80. The minimum atomic E-state index is 0.714. The molecule has 0 aliphatic carbocycles. The predicted molar refractivity (Wildman–Crippen MR) is 96.3 cm³/mol. The molecule has 1 aliphatic heterocycles. The van der Waals surface area contributed by atoms with Crippen molar-refractivity contribution in [1.29, 1.82) is 0 Å². The Balaban J connectivity index is 1.84. The minimum absolute atomic E-state index is 0.714. The van der Waals surface area contributed by atoms with Crippen LogP contribution in [0.2, 0.25) is 0 Å². The highest BCUT2D eigenvalue weighted by Gasteiger charge is 2.09. The van der Waals surface area contributed by atoms with Crippen LogP contribution in [0, 0.1) is 0 Å². The van der Waals surface area contributed by atoms with E-state index in [0.29, 0.717) is 5.11 Å². The van der Waals surface area contributed by atoms with Gasteiger partial charge in [0.25, 0.3) is 0 Å². The van der Waals surface area contributed by atoms with Crippen molar-refractivity contribution in [2.24, 2.45) is 0 Å². The predicted octanol–water partition coefficient (Wildman–Crippen LogP) is 4.15. The molecule has 0 spiro atoms. The summed E-state index contributed by atoms with van der Waals surface area (Å²) in [4.78, 5) is 2.49. The summed E-state index contributed by atoms with van der Waals surface area (Å²) < 4.78 is 0. The molecule has 0 atom stereocenters. The Labute approximate surface area is 134 Å². The van der Waals surface area contributed by atoms with Gasteiger partial charge in [-0.2, -0.15) is 0 Å². The highest BCUT2D eigenvalue weighted by atomic mass is 32.1. The molecule has 0 radical (unpaired) electrons. The lowest BCUT2D eigenvalue weighted by Crippen LogP contribution is -2.29. The van der Waals surface area contributed by atoms with Gasteiger partial charge in [-0.1, -0.05) is 26.2 Å². The maximum atomic E-state index is 5.29. The first kappa shape index (κ1) is 16.1. The summed E-state index contributed by atoms with van der Waals surface area (Å²) in [6.07, 6.45) is 7.69. The first-order valence-corrected chi connectivity index (χ1v) is 8.60. The molecular formula is C17H27N3S. The number of thiocarbonyl (C=S) groups is 1. The van der Waals surface area contributed by atoms with Crippen LogP contribution in [0.3, 0.4) is 0 Å². The van der Waals surface area contributed by atoms with Crippen LogP contribution in [-0.4, -0.2) is 24.7 Å². The van der Waals surface area contributed by atoms with Crippen molar-refractivity contribution in [2.75, 3.05) is 29.9 Å². The summed E-state index contributed by atoms with van der Waals surface area (Å²) in [5, 5.41) is 7.19. The Morgan fingerprint density at radius 2 is 1.76 bits per heavy atom. The van der Waals surface area contributed by atoms with Crippen molar-refractivity contribution in [3.8, 4) is 0 Å². The number of rotatable bonds is 5. The van der Waals surface area contributed by atoms with E-state index in [9.17, 15) is 0 Å². The van der Waals surface area contributed by atoms with Gasteiger partial charge >= 0.3 is 0 Å². The van der Waals surface area contributed by atoms with Crippen LogP contribution in [0.15, 0.2) is 24.3 Å². The smallest absolute Gasteiger partial charge is 0.170 e. The third-order valence-corrected chi connectivity index (χ3v) is 4.16. The highest BCUT2D eigenvalue weighted by Crippen LogP contribution is 2.21. The van der Waals surface area contributed by atoms with Gasteiger partial charge in [-0.3, -0.25) is 0 Å². The van der Waals surface area contributed by atoms with E-state index in [1.165, 1.54) is 50.9 Å². The van der Waals surface area contributed by atoms with Gasteiger partial charge in [-0.15, -0.1) is 0 Å². The van der Waals surface area contributed by atoms with Gasteiger partial charge in [-0.05, 0) is 55.7 Å². The van der Waals surface area contributed by atoms with E-state index in [2.05, 4.69) is 46.7 Å². The first-order valence-electron chi connectivity index (χ1n) is 8.19. The Hall–Kier alpha value is -1.29. The van der Waals surface area contributed by atoms with Gasteiger partial charge in [-0.25, -0.2) is 0 Å². The van der Waals surface area contributed by atoms with Crippen molar-refractivity contribution < 1.29 is 0 Å². The first-order chi connectivity index (χ1) is 10.3. The summed E-state index contributed by atoms with van der Waals surface area (Å²) in [5.41, 5.74) is 2.38. The molecule has 0 aromatic heterocycles. The Morgan fingerprint density at radius 1 is 1.10 bits per heavy atom. The average Bonchev–Trinajstić information content (AvgIpc) is 2.77. The number of nitrogens with one attached hydrogen (secondary N) is 2. The van der Waals surface area contributed by atoms with E-state index in [1.54, 1.807) is 0 Å². The number of hydrogen-bond acceptors (Lipinski definition) is 2. The number of unbranched alkanes of at least 4 members (excludes halogenated alkanes) is 1. The normalized spacial score (nSPS) is 15.4. The van der Waals surface area contributed by atoms with E-state index in [4.69, 9.17) is 12.2 Å². The molecule has 1 aliphatic rings. The van der Waals surface area contributed by atoms with Crippen LogP contribution in [0.5, 0.6) is 0 Å². The van der Waals surface area contributed by atoms with Crippen LogP contribution in [0.4, 0.5) is 11.4 Å². The fraction of sp³-hybridized carbons (Fsp3) is 0.588. The molecule has 1 fully saturated rings. The molecule has 0 amide bonds. The van der Waals surface area contributed by atoms with Gasteiger partial charge in [0.1, 0.15) is 0 Å². The Morgan fingerprint density at radius 3 is 2.38 bits per heavy atom. The van der Waals surface area contributed by atoms with E-state index in [0.717, 1.165) is 18.7 Å². The molecule has 2 N–H and O–H groups in total. The summed E-state index contributed by atoms with van der Waals surface area (Å²) in [6, 6.07) is 8.63. The largest absolute Gasteiger partial charge is 0.372 e. The van der Waals surface area contributed by atoms with Gasteiger partial charge in [0, 0.05) is 31.0 Å². The fourth-order valence-corrected chi connectivity index (χ4v) is 2.86. The molecule has 0 bridgehead atoms. The van der Waals surface area contributed by atoms with E-state index in [1.807, 2.05) is 0 Å². The molecule has 21 heavy (non-hydrogen) atoms. The summed E-state index contributed by atoms with van der Waals surface area (Å²) in [5.74, 6) is 0. The molecule has 1 heterocycles. The minimum Gasteiger partial charge on any atom is -0.372 e. The van der Waals surface area contributed by atoms with Crippen molar-refractivity contribution in [3.63, 3.8) is 0 Å². The topological polar surface area (TPSA) is 27.3 Å². The monoisotopic (exact) mass is 305 g/mol. The number of benzene rings is 1. The fourth-order valence-electron chi connectivity index (χ4n) is 2.64. The molecule has 0 unspecified atom stereocenters. The van der Waals surface area contributed by atoms with Crippen molar-refractivity contribution in [1.82, 2.24) is 5.32 Å². The molecule has 2 rings (SSSR count).